The molecule has 1 aliphatic carbocycles. The molecule has 4 heterocycles. The fourth-order valence-electron chi connectivity index (χ4n) is 4.72. The van der Waals surface area contributed by atoms with Crippen molar-refractivity contribution in [2.75, 3.05) is 26.2 Å². The van der Waals surface area contributed by atoms with Crippen LogP contribution in [0.4, 0.5) is 13.2 Å². The van der Waals surface area contributed by atoms with Gasteiger partial charge in [0.1, 0.15) is 6.54 Å². The van der Waals surface area contributed by atoms with Crippen LogP contribution >= 0.6 is 0 Å². The lowest BCUT2D eigenvalue weighted by Gasteiger charge is -2.34. The van der Waals surface area contributed by atoms with Crippen molar-refractivity contribution in [1.82, 2.24) is 34.3 Å². The molecule has 8 nitrogen and oxygen atoms in total. The number of halogens is 3. The minimum absolute atomic E-state index is 0.0126. The average molecular weight is 476 g/mol. The first-order valence-electron chi connectivity index (χ1n) is 11.5. The van der Waals surface area contributed by atoms with Crippen molar-refractivity contribution in [3.8, 4) is 0 Å². The summed E-state index contributed by atoms with van der Waals surface area (Å²) in [7, 11) is 1.90. The highest BCUT2D eigenvalue weighted by Crippen LogP contribution is 2.43. The molecule has 2 fully saturated rings. The van der Waals surface area contributed by atoms with Gasteiger partial charge in [-0.15, -0.1) is 0 Å². The standard InChI is InChI=1S/C23H28F3N7O/c1-14-17(11-30(3)28-14)12-31-6-8-32(9-7-31)20(34)13-33-22-21(15(2)29-33)18(23(24,25)26)10-19(27-22)16-4-5-16/h10-11,16H,4-9,12-13H2,1-3H3. The molecule has 5 rings (SSSR count). The summed E-state index contributed by atoms with van der Waals surface area (Å²) in [6.07, 6.45) is -0.818. The van der Waals surface area contributed by atoms with Crippen molar-refractivity contribution in [2.24, 2.45) is 7.05 Å². The number of aromatic nitrogens is 5. The predicted molar refractivity (Wildman–Crippen MR) is 119 cm³/mol. The molecule has 34 heavy (non-hydrogen) atoms. The first-order chi connectivity index (χ1) is 16.1. The number of piperazine rings is 1. The normalized spacial score (nSPS) is 17.6. The van der Waals surface area contributed by atoms with E-state index in [0.717, 1.165) is 44.2 Å². The minimum Gasteiger partial charge on any atom is -0.339 e. The van der Waals surface area contributed by atoms with E-state index in [2.05, 4.69) is 20.1 Å². The Balaban J connectivity index is 1.31. The van der Waals surface area contributed by atoms with Gasteiger partial charge in [-0.05, 0) is 32.8 Å². The van der Waals surface area contributed by atoms with Gasteiger partial charge in [0.25, 0.3) is 0 Å². The molecule has 0 unspecified atom stereocenters. The number of alkyl halides is 3. The number of pyridine rings is 1. The van der Waals surface area contributed by atoms with Gasteiger partial charge in [-0.1, -0.05) is 0 Å². The van der Waals surface area contributed by atoms with Gasteiger partial charge in [0, 0.05) is 63.1 Å². The van der Waals surface area contributed by atoms with Crippen LogP contribution in [0.25, 0.3) is 11.0 Å². The number of carbonyl (C=O) groups is 1. The van der Waals surface area contributed by atoms with Crippen LogP contribution in [-0.2, 0) is 31.1 Å². The number of fused-ring (bicyclic) bond motifs is 1. The van der Waals surface area contributed by atoms with Gasteiger partial charge in [0.15, 0.2) is 5.65 Å². The molecule has 2 aliphatic rings. The largest absolute Gasteiger partial charge is 0.417 e. The molecule has 182 valence electrons. The highest BCUT2D eigenvalue weighted by atomic mass is 19.4. The number of hydrogen-bond acceptors (Lipinski definition) is 5. The summed E-state index contributed by atoms with van der Waals surface area (Å²) in [6, 6.07) is 1.16. The summed E-state index contributed by atoms with van der Waals surface area (Å²) in [5.41, 5.74) is 2.27. The smallest absolute Gasteiger partial charge is 0.339 e. The van der Waals surface area contributed by atoms with Gasteiger partial charge in [-0.3, -0.25) is 14.4 Å². The summed E-state index contributed by atoms with van der Waals surface area (Å²) < 4.78 is 44.5. The Kier molecular flexibility index (Phi) is 5.62. The maximum Gasteiger partial charge on any atom is 0.417 e. The molecular formula is C23H28F3N7O. The van der Waals surface area contributed by atoms with E-state index in [-0.39, 0.29) is 35.1 Å². The van der Waals surface area contributed by atoms with E-state index in [1.54, 1.807) is 9.58 Å². The Morgan fingerprint density at radius 2 is 1.79 bits per heavy atom. The van der Waals surface area contributed by atoms with Crippen LogP contribution in [0.3, 0.4) is 0 Å². The molecule has 3 aromatic heterocycles. The van der Waals surface area contributed by atoms with E-state index in [0.29, 0.717) is 18.8 Å². The van der Waals surface area contributed by atoms with Crippen LogP contribution in [0.15, 0.2) is 12.3 Å². The van der Waals surface area contributed by atoms with Gasteiger partial charge in [0.05, 0.1) is 22.3 Å². The fourth-order valence-corrected chi connectivity index (χ4v) is 4.72. The summed E-state index contributed by atoms with van der Waals surface area (Å²) in [5.74, 6) is -0.102. The van der Waals surface area contributed by atoms with E-state index in [9.17, 15) is 18.0 Å². The van der Waals surface area contributed by atoms with Crippen molar-refractivity contribution in [3.05, 3.63) is 40.5 Å². The van der Waals surface area contributed by atoms with Crippen molar-refractivity contribution in [3.63, 3.8) is 0 Å². The Labute approximate surface area is 195 Å². The number of rotatable bonds is 5. The first kappa shape index (κ1) is 22.8. The molecule has 0 N–H and O–H groups in total. The fraction of sp³-hybridized carbons (Fsp3) is 0.565. The third kappa shape index (κ3) is 4.40. The lowest BCUT2D eigenvalue weighted by Crippen LogP contribution is -2.49. The molecule has 1 saturated carbocycles. The second-order valence-electron chi connectivity index (χ2n) is 9.38. The van der Waals surface area contributed by atoms with Crippen molar-refractivity contribution < 1.29 is 18.0 Å². The van der Waals surface area contributed by atoms with Crippen LogP contribution in [0.5, 0.6) is 0 Å². The number of carbonyl (C=O) groups excluding carboxylic acids is 1. The van der Waals surface area contributed by atoms with Crippen LogP contribution in [0, 0.1) is 13.8 Å². The summed E-state index contributed by atoms with van der Waals surface area (Å²) in [6.45, 7) is 6.75. The van der Waals surface area contributed by atoms with E-state index < -0.39 is 11.7 Å². The second kappa shape index (κ2) is 8.37. The Morgan fingerprint density at radius 1 is 1.09 bits per heavy atom. The van der Waals surface area contributed by atoms with Crippen molar-refractivity contribution in [2.45, 2.75) is 51.9 Å². The predicted octanol–water partition coefficient (Wildman–Crippen LogP) is 3.02. The van der Waals surface area contributed by atoms with Gasteiger partial charge in [-0.25, -0.2) is 9.67 Å². The molecule has 3 aromatic rings. The van der Waals surface area contributed by atoms with Crippen LogP contribution in [-0.4, -0.2) is 66.4 Å². The zero-order valence-corrected chi connectivity index (χ0v) is 19.6. The van der Waals surface area contributed by atoms with Gasteiger partial charge < -0.3 is 4.90 Å². The lowest BCUT2D eigenvalue weighted by atomic mass is 10.1. The van der Waals surface area contributed by atoms with Gasteiger partial charge in [0.2, 0.25) is 5.91 Å². The highest BCUT2D eigenvalue weighted by Gasteiger charge is 2.38. The minimum atomic E-state index is -4.50. The molecule has 1 amide bonds. The van der Waals surface area contributed by atoms with Crippen LogP contribution in [0.1, 0.15) is 47.0 Å². The number of hydrogen-bond donors (Lipinski definition) is 0. The van der Waals surface area contributed by atoms with Crippen LogP contribution < -0.4 is 0 Å². The van der Waals surface area contributed by atoms with E-state index in [4.69, 9.17) is 0 Å². The Bertz CT molecular complexity index is 1230. The third-order valence-electron chi connectivity index (χ3n) is 6.72. The zero-order chi connectivity index (χ0) is 24.2. The quantitative estimate of drug-likeness (QED) is 0.567. The summed E-state index contributed by atoms with van der Waals surface area (Å²) in [5, 5.41) is 8.65. The SMILES string of the molecule is Cc1nn(C)cc1CN1CCN(C(=O)Cn2nc(C)c3c(C(F)(F)F)cc(C4CC4)nc32)CC1. The topological polar surface area (TPSA) is 72.1 Å². The van der Waals surface area contributed by atoms with Crippen LogP contribution in [0.2, 0.25) is 0 Å². The average Bonchev–Trinajstić information content (AvgIpc) is 3.51. The van der Waals surface area contributed by atoms with E-state index in [1.807, 2.05) is 20.2 Å². The number of amides is 1. The second-order valence-corrected chi connectivity index (χ2v) is 9.38. The molecule has 0 bridgehead atoms. The van der Waals surface area contributed by atoms with E-state index in [1.165, 1.54) is 17.2 Å². The molecule has 0 spiro atoms. The lowest BCUT2D eigenvalue weighted by molar-refractivity contribution is -0.136. The van der Waals surface area contributed by atoms with Gasteiger partial charge >= 0.3 is 6.18 Å². The summed E-state index contributed by atoms with van der Waals surface area (Å²) >= 11 is 0. The maximum atomic E-state index is 13.8. The number of aryl methyl sites for hydroxylation is 3. The molecule has 11 heteroatoms. The monoisotopic (exact) mass is 475 g/mol. The van der Waals surface area contributed by atoms with Crippen molar-refractivity contribution >= 4 is 16.9 Å². The molecule has 1 aliphatic heterocycles. The molecular weight excluding hydrogens is 447 g/mol. The Hall–Kier alpha value is -2.95. The first-order valence-corrected chi connectivity index (χ1v) is 11.5. The molecule has 0 radical (unpaired) electrons. The van der Waals surface area contributed by atoms with Crippen molar-refractivity contribution in [1.29, 1.82) is 0 Å². The number of nitrogens with zero attached hydrogens (tertiary/aromatic N) is 7. The molecule has 1 saturated heterocycles. The zero-order valence-electron chi connectivity index (χ0n) is 19.6. The highest BCUT2D eigenvalue weighted by molar-refractivity contribution is 5.85. The maximum absolute atomic E-state index is 13.8. The summed E-state index contributed by atoms with van der Waals surface area (Å²) in [4.78, 5) is 21.6. The van der Waals surface area contributed by atoms with E-state index >= 15 is 0 Å². The third-order valence-corrected chi connectivity index (χ3v) is 6.72. The molecule has 0 aromatic carbocycles. The Morgan fingerprint density at radius 3 is 2.38 bits per heavy atom. The van der Waals surface area contributed by atoms with Gasteiger partial charge in [-0.2, -0.15) is 23.4 Å². The molecule has 0 atom stereocenters.